The number of oxazole rings is 1. The topological polar surface area (TPSA) is 119 Å². The van der Waals surface area contributed by atoms with Gasteiger partial charge in [0, 0.05) is 20.6 Å². The molecule has 0 saturated carbocycles. The maximum Gasteiger partial charge on any atom is 0.419 e. The number of ether oxygens (including phenoxy) is 2. The van der Waals surface area contributed by atoms with Crippen LogP contribution in [-0.2, 0) is 27.7 Å². The van der Waals surface area contributed by atoms with E-state index in [1.165, 1.54) is 4.57 Å². The van der Waals surface area contributed by atoms with Gasteiger partial charge in [0.15, 0.2) is 5.58 Å². The van der Waals surface area contributed by atoms with Gasteiger partial charge in [-0.25, -0.2) is 4.79 Å². The van der Waals surface area contributed by atoms with Crippen LogP contribution in [0.2, 0.25) is 0 Å². The van der Waals surface area contributed by atoms with Crippen LogP contribution in [0.15, 0.2) is 51.7 Å². The molecule has 38 heavy (non-hydrogen) atoms. The highest BCUT2D eigenvalue weighted by Crippen LogP contribution is 2.24. The minimum atomic E-state index is -0.692. The van der Waals surface area contributed by atoms with E-state index >= 15 is 0 Å². The van der Waals surface area contributed by atoms with Gasteiger partial charge in [-0.1, -0.05) is 50.6 Å². The van der Waals surface area contributed by atoms with Gasteiger partial charge in [0.25, 0.3) is 0 Å². The Hall–Kier alpha value is -3.45. The third-order valence-electron chi connectivity index (χ3n) is 6.92. The van der Waals surface area contributed by atoms with Gasteiger partial charge in [0.1, 0.15) is 12.1 Å². The molecule has 0 saturated heterocycles. The minimum Gasteiger partial charge on any atom is -0.408 e. The number of nitrogens with one attached hydrogen (secondary N) is 2. The fraction of sp³-hybridized carbons (Fsp3) is 0.483. The van der Waals surface area contributed by atoms with Crippen molar-refractivity contribution in [3.8, 4) is 17.2 Å². The van der Waals surface area contributed by atoms with E-state index in [-0.39, 0.29) is 17.9 Å². The van der Waals surface area contributed by atoms with Crippen LogP contribution in [0, 0.1) is 17.2 Å². The fourth-order valence-corrected chi connectivity index (χ4v) is 4.26. The van der Waals surface area contributed by atoms with E-state index in [4.69, 9.17) is 13.9 Å². The fourth-order valence-electron chi connectivity index (χ4n) is 4.26. The lowest BCUT2D eigenvalue weighted by Crippen LogP contribution is -2.46. The molecule has 0 fully saturated rings. The Balaban J connectivity index is 1.65. The van der Waals surface area contributed by atoms with Crippen LogP contribution >= 0.6 is 0 Å². The van der Waals surface area contributed by atoms with Crippen molar-refractivity contribution in [3.05, 3.63) is 58.6 Å². The molecule has 2 N–H and O–H groups in total. The number of hydrogen-bond acceptors (Lipinski definition) is 7. The summed E-state index contributed by atoms with van der Waals surface area (Å²) in [5.74, 6) is -0.696. The normalized spacial score (nSPS) is 14.5. The van der Waals surface area contributed by atoms with Crippen molar-refractivity contribution in [1.82, 2.24) is 15.2 Å². The molecule has 2 aromatic carbocycles. The summed E-state index contributed by atoms with van der Waals surface area (Å²) in [5.41, 5.74) is 4.10. The van der Waals surface area contributed by atoms with Crippen LogP contribution in [0.25, 0.3) is 22.2 Å². The van der Waals surface area contributed by atoms with Gasteiger partial charge < -0.3 is 24.5 Å². The van der Waals surface area contributed by atoms with Crippen LogP contribution in [-0.4, -0.2) is 56.0 Å². The Bertz CT molecular complexity index is 1290. The lowest BCUT2D eigenvalue weighted by Gasteiger charge is -2.26. The minimum absolute atomic E-state index is 0.0116. The third-order valence-corrected chi connectivity index (χ3v) is 6.92. The Kier molecular flexibility index (Phi) is 10.7. The zero-order valence-corrected chi connectivity index (χ0v) is 22.8. The Morgan fingerprint density at radius 2 is 1.89 bits per heavy atom. The average molecular weight is 523 g/mol. The predicted octanol–water partition coefficient (Wildman–Crippen LogP) is 3.41. The summed E-state index contributed by atoms with van der Waals surface area (Å²) >= 11 is 0. The molecule has 9 heteroatoms. The molecule has 0 aliphatic carbocycles. The summed E-state index contributed by atoms with van der Waals surface area (Å²) in [7, 11) is 5.19. The number of carbonyl (C=O) groups is 1. The van der Waals surface area contributed by atoms with Crippen molar-refractivity contribution in [3.63, 3.8) is 0 Å². The highest BCUT2D eigenvalue weighted by atomic mass is 16.5. The van der Waals surface area contributed by atoms with Crippen molar-refractivity contribution in [2.45, 2.75) is 51.4 Å². The maximum absolute atomic E-state index is 13.1. The molecule has 9 nitrogen and oxygen atoms in total. The van der Waals surface area contributed by atoms with Crippen LogP contribution in [0.3, 0.4) is 0 Å². The summed E-state index contributed by atoms with van der Waals surface area (Å²) in [6.45, 7) is 5.07. The lowest BCUT2D eigenvalue weighted by atomic mass is 9.99. The number of fused-ring (bicyclic) bond motifs is 1. The second-order valence-corrected chi connectivity index (χ2v) is 9.59. The first-order chi connectivity index (χ1) is 18.3. The van der Waals surface area contributed by atoms with E-state index in [2.05, 4.69) is 16.7 Å². The SMILES string of the molecule is CCC(C)C(OCC(CCNC)OC)C(=O)NC(C#N)Cc1ccc(-c2ccc3oc(=O)n(C)c3c2)cc1. The van der Waals surface area contributed by atoms with E-state index in [9.17, 15) is 14.9 Å². The van der Waals surface area contributed by atoms with Crippen molar-refractivity contribution in [2.75, 3.05) is 27.3 Å². The number of amides is 1. The number of nitrogens with zero attached hydrogens (tertiary/aromatic N) is 2. The number of aryl methyl sites for hydroxylation is 1. The number of carbonyl (C=O) groups excluding carboxylic acids is 1. The van der Waals surface area contributed by atoms with Gasteiger partial charge in [-0.2, -0.15) is 5.26 Å². The first-order valence-electron chi connectivity index (χ1n) is 13.0. The van der Waals surface area contributed by atoms with Gasteiger partial charge >= 0.3 is 5.76 Å². The quantitative estimate of drug-likeness (QED) is 0.333. The van der Waals surface area contributed by atoms with Gasteiger partial charge in [-0.15, -0.1) is 0 Å². The number of rotatable bonds is 14. The highest BCUT2D eigenvalue weighted by Gasteiger charge is 2.28. The summed E-state index contributed by atoms with van der Waals surface area (Å²) < 4.78 is 18.2. The number of hydrogen-bond donors (Lipinski definition) is 2. The molecule has 1 heterocycles. The highest BCUT2D eigenvalue weighted by molar-refractivity contribution is 5.82. The Morgan fingerprint density at radius 1 is 1.18 bits per heavy atom. The van der Waals surface area contributed by atoms with E-state index in [0.29, 0.717) is 18.6 Å². The summed E-state index contributed by atoms with van der Waals surface area (Å²) in [4.78, 5) is 24.9. The number of methoxy groups -OCH3 is 1. The monoisotopic (exact) mass is 522 g/mol. The van der Waals surface area contributed by atoms with Crippen LogP contribution in [0.4, 0.5) is 0 Å². The molecular formula is C29H38N4O5. The third kappa shape index (κ3) is 7.32. The zero-order chi connectivity index (χ0) is 27.7. The first kappa shape index (κ1) is 29.1. The molecule has 204 valence electrons. The van der Waals surface area contributed by atoms with Gasteiger partial charge in [-0.05, 0) is 54.8 Å². The van der Waals surface area contributed by atoms with Gasteiger partial charge in [0.05, 0.1) is 24.3 Å². The van der Waals surface area contributed by atoms with Crippen molar-refractivity contribution in [2.24, 2.45) is 13.0 Å². The molecule has 0 aliphatic heterocycles. The van der Waals surface area contributed by atoms with E-state index in [0.717, 1.165) is 41.6 Å². The van der Waals surface area contributed by atoms with Crippen molar-refractivity contribution < 1.29 is 18.7 Å². The molecule has 3 rings (SSSR count). The molecule has 4 unspecified atom stereocenters. The zero-order valence-electron chi connectivity index (χ0n) is 22.8. The number of nitriles is 1. The van der Waals surface area contributed by atoms with Crippen molar-refractivity contribution >= 4 is 17.0 Å². The van der Waals surface area contributed by atoms with E-state index < -0.39 is 17.9 Å². The molecule has 0 spiro atoms. The largest absolute Gasteiger partial charge is 0.419 e. The molecule has 3 aromatic rings. The molecule has 0 bridgehead atoms. The number of benzene rings is 2. The smallest absolute Gasteiger partial charge is 0.408 e. The first-order valence-corrected chi connectivity index (χ1v) is 13.0. The Morgan fingerprint density at radius 3 is 2.53 bits per heavy atom. The predicted molar refractivity (Wildman–Crippen MR) is 147 cm³/mol. The molecular weight excluding hydrogens is 484 g/mol. The van der Waals surface area contributed by atoms with Crippen LogP contribution in [0.1, 0.15) is 32.3 Å². The standard InChI is InChI=1S/C29H38N4O5/c1-6-19(2)27(37-18-24(36-5)13-14-31-3)28(34)32-23(17-30)15-20-7-9-21(10-8-20)22-11-12-26-25(16-22)33(4)29(35)38-26/h7-12,16,19,23-24,27,31H,6,13-15,18H2,1-5H3,(H,32,34). The van der Waals surface area contributed by atoms with Gasteiger partial charge in [-0.3, -0.25) is 9.36 Å². The average Bonchev–Trinajstić information content (AvgIpc) is 3.22. The lowest BCUT2D eigenvalue weighted by molar-refractivity contribution is -0.139. The second kappa shape index (κ2) is 13.9. The Labute approximate surface area is 223 Å². The van der Waals surface area contributed by atoms with Crippen molar-refractivity contribution in [1.29, 1.82) is 5.26 Å². The number of aromatic nitrogens is 1. The molecule has 0 aliphatic rings. The van der Waals surface area contributed by atoms with E-state index in [1.54, 1.807) is 20.2 Å². The summed E-state index contributed by atoms with van der Waals surface area (Å²) in [5, 5.41) is 15.7. The molecule has 1 amide bonds. The van der Waals surface area contributed by atoms with Crippen LogP contribution in [0.5, 0.6) is 0 Å². The molecule has 0 radical (unpaired) electrons. The molecule has 1 aromatic heterocycles. The second-order valence-electron chi connectivity index (χ2n) is 9.59. The van der Waals surface area contributed by atoms with Crippen LogP contribution < -0.4 is 16.4 Å². The van der Waals surface area contributed by atoms with Gasteiger partial charge in [0.2, 0.25) is 5.91 Å². The summed E-state index contributed by atoms with van der Waals surface area (Å²) in [6, 6.07) is 14.9. The van der Waals surface area contributed by atoms with E-state index in [1.807, 2.05) is 57.3 Å². The maximum atomic E-state index is 13.1. The summed E-state index contributed by atoms with van der Waals surface area (Å²) in [6.07, 6.45) is 1.12. The molecule has 4 atom stereocenters.